The van der Waals surface area contributed by atoms with Crippen molar-refractivity contribution in [3.63, 3.8) is 0 Å². The van der Waals surface area contributed by atoms with Gasteiger partial charge in [0, 0.05) is 6.42 Å². The van der Waals surface area contributed by atoms with Crippen molar-refractivity contribution in [2.24, 2.45) is 0 Å². The number of carbonyl (C=O) groups excluding carboxylic acids is 1. The fourth-order valence-electron chi connectivity index (χ4n) is 1.92. The molecule has 132 valence electrons. The molecule has 0 amide bonds. The van der Waals surface area contributed by atoms with E-state index >= 15 is 0 Å². The molecule has 0 unspecified atom stereocenters. The first-order chi connectivity index (χ1) is 11.7. The second-order valence-corrected chi connectivity index (χ2v) is 5.26. The standard InChI is InChI=1S/C20H29NO3/c1-2-17-20(21(23)24)18-15-13-11-9-7-5-3-4-6-8-10-12-14-16-19-22/h3-4,7-10,13,15,17,19H,2,5-6,11-12,14,16,18H2,1H3/b4-3+,9-7+,10-8+,15-13+,20-17-. The molecule has 0 rings (SSSR count). The molecule has 0 aromatic heterocycles. The molecule has 0 atom stereocenters. The molecule has 0 saturated heterocycles. The number of nitrogens with zero attached hydrogens (tertiary/aromatic N) is 1. The third-order valence-electron chi connectivity index (χ3n) is 3.18. The molecule has 0 heterocycles. The van der Waals surface area contributed by atoms with Gasteiger partial charge in [0.05, 0.1) is 11.3 Å². The molecule has 0 aromatic rings. The summed E-state index contributed by atoms with van der Waals surface area (Å²) < 4.78 is 0. The lowest BCUT2D eigenvalue weighted by molar-refractivity contribution is -0.427. The lowest BCUT2D eigenvalue weighted by Crippen LogP contribution is -1.96. The largest absolute Gasteiger partial charge is 0.303 e. The lowest BCUT2D eigenvalue weighted by Gasteiger charge is -1.92. The van der Waals surface area contributed by atoms with Gasteiger partial charge in [0.15, 0.2) is 0 Å². The van der Waals surface area contributed by atoms with Crippen molar-refractivity contribution in [2.75, 3.05) is 0 Å². The van der Waals surface area contributed by atoms with Crippen LogP contribution in [0.5, 0.6) is 0 Å². The molecule has 4 heteroatoms. The van der Waals surface area contributed by atoms with Crippen molar-refractivity contribution >= 4 is 6.29 Å². The van der Waals surface area contributed by atoms with Crippen molar-refractivity contribution in [1.29, 1.82) is 0 Å². The Morgan fingerprint density at radius 3 is 1.92 bits per heavy atom. The lowest BCUT2D eigenvalue weighted by atomic mass is 10.2. The van der Waals surface area contributed by atoms with Crippen LogP contribution < -0.4 is 0 Å². The van der Waals surface area contributed by atoms with Crippen LogP contribution in [-0.4, -0.2) is 11.2 Å². The molecule has 24 heavy (non-hydrogen) atoms. The van der Waals surface area contributed by atoms with Gasteiger partial charge in [0.25, 0.3) is 0 Å². The van der Waals surface area contributed by atoms with Crippen LogP contribution >= 0.6 is 0 Å². The summed E-state index contributed by atoms with van der Waals surface area (Å²) in [5, 5.41) is 10.7. The summed E-state index contributed by atoms with van der Waals surface area (Å²) in [7, 11) is 0. The van der Waals surface area contributed by atoms with Gasteiger partial charge in [-0.3, -0.25) is 10.1 Å². The van der Waals surface area contributed by atoms with E-state index in [-0.39, 0.29) is 10.6 Å². The summed E-state index contributed by atoms with van der Waals surface area (Å²) in [6.45, 7) is 1.90. The van der Waals surface area contributed by atoms with E-state index in [0.29, 0.717) is 19.3 Å². The zero-order valence-corrected chi connectivity index (χ0v) is 14.6. The predicted molar refractivity (Wildman–Crippen MR) is 100 cm³/mol. The van der Waals surface area contributed by atoms with Crippen LogP contribution in [0.3, 0.4) is 0 Å². The summed E-state index contributed by atoms with van der Waals surface area (Å²) >= 11 is 0. The highest BCUT2D eigenvalue weighted by atomic mass is 16.6. The van der Waals surface area contributed by atoms with E-state index in [1.807, 2.05) is 19.1 Å². The number of hydrogen-bond acceptors (Lipinski definition) is 3. The van der Waals surface area contributed by atoms with E-state index < -0.39 is 0 Å². The highest BCUT2D eigenvalue weighted by Gasteiger charge is 2.05. The predicted octanol–water partition coefficient (Wildman–Crippen LogP) is 5.71. The Labute approximate surface area is 145 Å². The average molecular weight is 331 g/mol. The Bertz CT molecular complexity index is 485. The Balaban J connectivity index is 3.73. The second kappa shape index (κ2) is 17.1. The molecule has 0 aliphatic rings. The number of nitro groups is 1. The van der Waals surface area contributed by atoms with Crippen molar-refractivity contribution in [1.82, 2.24) is 0 Å². The molecule has 0 aromatic carbocycles. The molecule has 4 nitrogen and oxygen atoms in total. The van der Waals surface area contributed by atoms with Crippen LogP contribution in [0.1, 0.15) is 58.3 Å². The van der Waals surface area contributed by atoms with Crippen molar-refractivity contribution in [3.05, 3.63) is 70.5 Å². The maximum absolute atomic E-state index is 10.7. The number of carbonyl (C=O) groups is 1. The number of hydrogen-bond donors (Lipinski definition) is 0. The van der Waals surface area contributed by atoms with E-state index in [9.17, 15) is 14.9 Å². The van der Waals surface area contributed by atoms with E-state index in [1.54, 1.807) is 6.08 Å². The van der Waals surface area contributed by atoms with Crippen LogP contribution in [0.2, 0.25) is 0 Å². The van der Waals surface area contributed by atoms with E-state index in [0.717, 1.165) is 38.4 Å². The number of aldehydes is 1. The quantitative estimate of drug-likeness (QED) is 0.135. The normalized spacial score (nSPS) is 13.0. The molecule has 0 N–H and O–H groups in total. The zero-order valence-electron chi connectivity index (χ0n) is 14.6. The first-order valence-electron chi connectivity index (χ1n) is 8.59. The minimum atomic E-state index is -0.314. The van der Waals surface area contributed by atoms with E-state index in [4.69, 9.17) is 0 Å². The molecule has 0 spiro atoms. The summed E-state index contributed by atoms with van der Waals surface area (Å²) in [6.07, 6.45) is 25.2. The van der Waals surface area contributed by atoms with Gasteiger partial charge in [0.2, 0.25) is 5.70 Å². The maximum atomic E-state index is 10.7. The molecule has 0 aliphatic heterocycles. The van der Waals surface area contributed by atoms with Gasteiger partial charge in [-0.25, -0.2) is 0 Å². The summed E-state index contributed by atoms with van der Waals surface area (Å²) in [6, 6.07) is 0. The fourth-order valence-corrected chi connectivity index (χ4v) is 1.92. The van der Waals surface area contributed by atoms with Crippen molar-refractivity contribution in [3.8, 4) is 0 Å². The highest BCUT2D eigenvalue weighted by molar-refractivity contribution is 5.49. The molecule has 0 aliphatic carbocycles. The summed E-state index contributed by atoms with van der Waals surface area (Å²) in [5.74, 6) is 0. The molecular formula is C20H29NO3. The number of allylic oxidation sites excluding steroid dienone is 9. The molecular weight excluding hydrogens is 302 g/mol. The minimum absolute atomic E-state index is 0.264. The third-order valence-corrected chi connectivity index (χ3v) is 3.18. The average Bonchev–Trinajstić information content (AvgIpc) is 2.57. The number of unbranched alkanes of at least 4 members (excludes halogenated alkanes) is 2. The van der Waals surface area contributed by atoms with Gasteiger partial charge in [-0.1, -0.05) is 55.5 Å². The van der Waals surface area contributed by atoms with Crippen LogP contribution in [0.4, 0.5) is 0 Å². The fraction of sp³-hybridized carbons (Fsp3) is 0.450. The Morgan fingerprint density at radius 1 is 0.875 bits per heavy atom. The minimum Gasteiger partial charge on any atom is -0.303 e. The molecule has 0 radical (unpaired) electrons. The zero-order chi connectivity index (χ0) is 17.9. The van der Waals surface area contributed by atoms with Gasteiger partial charge in [-0.2, -0.15) is 0 Å². The van der Waals surface area contributed by atoms with Crippen LogP contribution in [0.25, 0.3) is 0 Å². The van der Waals surface area contributed by atoms with E-state index in [2.05, 4.69) is 36.5 Å². The van der Waals surface area contributed by atoms with Crippen LogP contribution in [0.15, 0.2) is 60.4 Å². The third kappa shape index (κ3) is 14.7. The Kier molecular flexibility index (Phi) is 15.5. The Hall–Kier alpha value is -2.23. The SMILES string of the molecule is CC/C=C(/C/C=C/C/C=C/C/C=C/C/C=C/CCCC=O)[N+](=O)[O-]. The summed E-state index contributed by atoms with van der Waals surface area (Å²) in [4.78, 5) is 20.5. The topological polar surface area (TPSA) is 60.2 Å². The number of rotatable bonds is 14. The maximum Gasteiger partial charge on any atom is 0.246 e. The molecule has 0 saturated carbocycles. The molecule has 0 fully saturated rings. The van der Waals surface area contributed by atoms with Gasteiger partial charge < -0.3 is 4.79 Å². The van der Waals surface area contributed by atoms with Gasteiger partial charge in [0.1, 0.15) is 6.29 Å². The monoisotopic (exact) mass is 331 g/mol. The van der Waals surface area contributed by atoms with Gasteiger partial charge in [-0.05, 0) is 44.6 Å². The van der Waals surface area contributed by atoms with Crippen LogP contribution in [-0.2, 0) is 4.79 Å². The first-order valence-corrected chi connectivity index (χ1v) is 8.59. The summed E-state index contributed by atoms with van der Waals surface area (Å²) in [5.41, 5.74) is 0.264. The van der Waals surface area contributed by atoms with Crippen LogP contribution in [0, 0.1) is 10.1 Å². The van der Waals surface area contributed by atoms with E-state index in [1.165, 1.54) is 0 Å². The van der Waals surface area contributed by atoms with Gasteiger partial charge in [-0.15, -0.1) is 0 Å². The van der Waals surface area contributed by atoms with Crippen molar-refractivity contribution in [2.45, 2.75) is 58.3 Å². The smallest absolute Gasteiger partial charge is 0.246 e. The Morgan fingerprint density at radius 2 is 1.42 bits per heavy atom. The second-order valence-electron chi connectivity index (χ2n) is 5.26. The first kappa shape index (κ1) is 21.8. The van der Waals surface area contributed by atoms with Gasteiger partial charge >= 0.3 is 0 Å². The highest BCUT2D eigenvalue weighted by Crippen LogP contribution is 2.05. The molecule has 0 bridgehead atoms. The van der Waals surface area contributed by atoms with Crippen molar-refractivity contribution < 1.29 is 9.72 Å².